The van der Waals surface area contributed by atoms with Crippen molar-refractivity contribution in [1.29, 1.82) is 0 Å². The zero-order chi connectivity index (χ0) is 24.6. The molecule has 0 aliphatic carbocycles. The molecule has 1 saturated heterocycles. The molecule has 0 saturated carbocycles. The maximum absolute atomic E-state index is 13.1. The van der Waals surface area contributed by atoms with E-state index in [1.54, 1.807) is 7.11 Å². The van der Waals surface area contributed by atoms with Crippen LogP contribution in [0.3, 0.4) is 0 Å². The quantitative estimate of drug-likeness (QED) is 0.383. The number of hydrogen-bond donors (Lipinski definition) is 0. The number of benzene rings is 3. The van der Waals surface area contributed by atoms with Crippen LogP contribution >= 0.6 is 0 Å². The normalized spacial score (nSPS) is 16.0. The van der Waals surface area contributed by atoms with Crippen LogP contribution in [0.5, 0.6) is 5.75 Å². The van der Waals surface area contributed by atoms with Gasteiger partial charge in [0.05, 0.1) is 12.6 Å². The summed E-state index contributed by atoms with van der Waals surface area (Å²) in [6, 6.07) is 25.3. The fourth-order valence-electron chi connectivity index (χ4n) is 4.89. The van der Waals surface area contributed by atoms with Gasteiger partial charge < -0.3 is 14.5 Å². The molecule has 0 N–H and O–H groups in total. The average molecular weight is 479 g/mol. The number of ether oxygens (including phenoxy) is 1. The molecule has 1 fully saturated rings. The highest BCUT2D eigenvalue weighted by atomic mass is 16.5. The number of rotatable bonds is 4. The minimum absolute atomic E-state index is 0.00990. The van der Waals surface area contributed by atoms with E-state index in [4.69, 9.17) is 9.72 Å². The van der Waals surface area contributed by atoms with Crippen LogP contribution in [0.15, 0.2) is 78.9 Å². The van der Waals surface area contributed by atoms with Crippen molar-refractivity contribution in [2.24, 2.45) is 0 Å². The molecule has 1 unspecified atom stereocenters. The maximum atomic E-state index is 13.1. The molecule has 5 aromatic rings. The van der Waals surface area contributed by atoms with E-state index in [1.165, 1.54) is 0 Å². The standard InChI is InChI=1S/C28H26N6O2/c1-19-18-32(16-17-33(19)27(35)21-8-4-3-5-9-21)28-29-24-11-7-6-10-23(24)26-31-30-25(34(26)28)20-12-14-22(36-2)15-13-20/h3-15,19H,16-18H2,1-2H3. The fourth-order valence-corrected chi connectivity index (χ4v) is 4.89. The summed E-state index contributed by atoms with van der Waals surface area (Å²) in [5.74, 6) is 2.33. The molecular weight excluding hydrogens is 452 g/mol. The highest BCUT2D eigenvalue weighted by Gasteiger charge is 2.31. The van der Waals surface area contributed by atoms with Gasteiger partial charge in [-0.15, -0.1) is 10.2 Å². The Kier molecular flexibility index (Phi) is 5.48. The number of carbonyl (C=O) groups is 1. The van der Waals surface area contributed by atoms with E-state index in [1.807, 2.05) is 88.2 Å². The Balaban J connectivity index is 1.41. The first-order valence-electron chi connectivity index (χ1n) is 12.0. The minimum atomic E-state index is 0.00990. The van der Waals surface area contributed by atoms with Gasteiger partial charge in [0.15, 0.2) is 11.5 Å². The van der Waals surface area contributed by atoms with Crippen LogP contribution in [0, 0.1) is 0 Å². The second-order valence-corrected chi connectivity index (χ2v) is 9.00. The van der Waals surface area contributed by atoms with Crippen molar-refractivity contribution in [3.63, 3.8) is 0 Å². The molecule has 6 rings (SSSR count). The number of carbonyl (C=O) groups excluding carboxylic acids is 1. The Bertz CT molecular complexity index is 1550. The van der Waals surface area contributed by atoms with Crippen LogP contribution in [0.4, 0.5) is 5.95 Å². The van der Waals surface area contributed by atoms with Crippen LogP contribution < -0.4 is 9.64 Å². The van der Waals surface area contributed by atoms with E-state index in [0.29, 0.717) is 25.2 Å². The predicted molar refractivity (Wildman–Crippen MR) is 139 cm³/mol. The summed E-state index contributed by atoms with van der Waals surface area (Å²) in [7, 11) is 1.65. The zero-order valence-electron chi connectivity index (χ0n) is 20.2. The van der Waals surface area contributed by atoms with Crippen molar-refractivity contribution < 1.29 is 9.53 Å². The summed E-state index contributed by atoms with van der Waals surface area (Å²) in [6.45, 7) is 4.00. The summed E-state index contributed by atoms with van der Waals surface area (Å²) in [6.07, 6.45) is 0. The van der Waals surface area contributed by atoms with Gasteiger partial charge in [-0.25, -0.2) is 9.38 Å². The summed E-state index contributed by atoms with van der Waals surface area (Å²) in [5, 5.41) is 10.1. The van der Waals surface area contributed by atoms with E-state index in [0.717, 1.165) is 39.6 Å². The van der Waals surface area contributed by atoms with Gasteiger partial charge in [0.2, 0.25) is 5.95 Å². The van der Waals surface area contributed by atoms with Gasteiger partial charge >= 0.3 is 0 Å². The van der Waals surface area contributed by atoms with Gasteiger partial charge in [0, 0.05) is 42.2 Å². The summed E-state index contributed by atoms with van der Waals surface area (Å²) in [5.41, 5.74) is 3.26. The van der Waals surface area contributed by atoms with Crippen LogP contribution in [-0.4, -0.2) is 63.2 Å². The van der Waals surface area contributed by atoms with Crippen LogP contribution in [0.1, 0.15) is 17.3 Å². The molecule has 3 heterocycles. The van der Waals surface area contributed by atoms with Crippen LogP contribution in [0.25, 0.3) is 27.9 Å². The highest BCUT2D eigenvalue weighted by Crippen LogP contribution is 2.30. The lowest BCUT2D eigenvalue weighted by atomic mass is 10.1. The number of hydrogen-bond acceptors (Lipinski definition) is 6. The first kappa shape index (κ1) is 22.0. The third-order valence-corrected chi connectivity index (χ3v) is 6.77. The highest BCUT2D eigenvalue weighted by molar-refractivity contribution is 5.95. The summed E-state index contributed by atoms with van der Waals surface area (Å²) >= 11 is 0. The number of anilines is 1. The molecule has 36 heavy (non-hydrogen) atoms. The van der Waals surface area contributed by atoms with Gasteiger partial charge in [0.25, 0.3) is 5.91 Å². The second kappa shape index (κ2) is 8.96. The fraction of sp³-hybridized carbons (Fsp3) is 0.214. The number of para-hydroxylation sites is 1. The second-order valence-electron chi connectivity index (χ2n) is 9.00. The molecule has 0 spiro atoms. The van der Waals surface area contributed by atoms with Gasteiger partial charge in [-0.3, -0.25) is 4.79 Å². The van der Waals surface area contributed by atoms with Crippen molar-refractivity contribution in [3.8, 4) is 17.1 Å². The Labute approximate surface area is 208 Å². The average Bonchev–Trinajstić information content (AvgIpc) is 3.38. The lowest BCUT2D eigenvalue weighted by Crippen LogP contribution is -2.54. The van der Waals surface area contributed by atoms with E-state index in [9.17, 15) is 4.79 Å². The number of aromatic nitrogens is 4. The number of nitrogens with zero attached hydrogens (tertiary/aromatic N) is 6. The van der Waals surface area contributed by atoms with Crippen LogP contribution in [0.2, 0.25) is 0 Å². The zero-order valence-corrected chi connectivity index (χ0v) is 20.2. The van der Waals surface area contributed by atoms with Gasteiger partial charge in [-0.1, -0.05) is 30.3 Å². The molecule has 0 radical (unpaired) electrons. The molecule has 0 bridgehead atoms. The van der Waals surface area contributed by atoms with Crippen molar-refractivity contribution >= 4 is 28.4 Å². The molecule has 8 nitrogen and oxygen atoms in total. The first-order chi connectivity index (χ1) is 17.6. The van der Waals surface area contributed by atoms with Crippen molar-refractivity contribution in [2.75, 3.05) is 31.6 Å². The number of fused-ring (bicyclic) bond motifs is 3. The first-order valence-corrected chi connectivity index (χ1v) is 12.0. The van der Waals surface area contributed by atoms with E-state index < -0.39 is 0 Å². The number of amides is 1. The Morgan fingerprint density at radius 1 is 0.917 bits per heavy atom. The van der Waals surface area contributed by atoms with Crippen LogP contribution in [-0.2, 0) is 0 Å². The van der Waals surface area contributed by atoms with Crippen molar-refractivity contribution in [2.45, 2.75) is 13.0 Å². The molecule has 1 atom stereocenters. The van der Waals surface area contributed by atoms with Gasteiger partial charge in [0.1, 0.15) is 5.75 Å². The monoisotopic (exact) mass is 478 g/mol. The largest absolute Gasteiger partial charge is 0.497 e. The maximum Gasteiger partial charge on any atom is 0.254 e. The Morgan fingerprint density at radius 2 is 1.67 bits per heavy atom. The van der Waals surface area contributed by atoms with Crippen molar-refractivity contribution in [3.05, 3.63) is 84.4 Å². The lowest BCUT2D eigenvalue weighted by molar-refractivity contribution is 0.0673. The molecule has 1 aliphatic heterocycles. The molecule has 8 heteroatoms. The molecule has 1 aliphatic rings. The van der Waals surface area contributed by atoms with E-state index in [2.05, 4.69) is 22.0 Å². The summed E-state index contributed by atoms with van der Waals surface area (Å²) in [4.78, 5) is 22.4. The Hall–Kier alpha value is -4.46. The lowest BCUT2D eigenvalue weighted by Gasteiger charge is -2.40. The number of piperazine rings is 1. The smallest absolute Gasteiger partial charge is 0.254 e. The molecule has 2 aromatic heterocycles. The van der Waals surface area contributed by atoms with Crippen molar-refractivity contribution in [1.82, 2.24) is 24.5 Å². The third-order valence-electron chi connectivity index (χ3n) is 6.77. The van der Waals surface area contributed by atoms with Gasteiger partial charge in [-0.05, 0) is 55.5 Å². The number of methoxy groups -OCH3 is 1. The SMILES string of the molecule is COc1ccc(-c2nnc3c4ccccc4nc(N4CCN(C(=O)c5ccccc5)C(C)C4)n23)cc1. The summed E-state index contributed by atoms with van der Waals surface area (Å²) < 4.78 is 7.36. The molecule has 180 valence electrons. The molecular formula is C28H26N6O2. The predicted octanol–water partition coefficient (Wildman–Crippen LogP) is 4.30. The molecule has 3 aromatic carbocycles. The minimum Gasteiger partial charge on any atom is -0.497 e. The Morgan fingerprint density at radius 3 is 2.42 bits per heavy atom. The van der Waals surface area contributed by atoms with Gasteiger partial charge in [-0.2, -0.15) is 0 Å². The van der Waals surface area contributed by atoms with E-state index >= 15 is 0 Å². The third kappa shape index (κ3) is 3.71. The topological polar surface area (TPSA) is 75.9 Å². The van der Waals surface area contributed by atoms with E-state index in [-0.39, 0.29) is 11.9 Å². The molecule has 1 amide bonds.